The number of β-amino-alcohol motifs (C(OH)–C–C–N with tert-alkyl or cyclic N) is 1. The van der Waals surface area contributed by atoms with Crippen LogP contribution in [0.15, 0.2) is 4.58 Å². The number of aliphatic hydroxyl groups excluding tert-OH is 1. The Kier molecular flexibility index (Phi) is 6.37. The maximum atomic E-state index is 12.3. The topological polar surface area (TPSA) is 133 Å². The van der Waals surface area contributed by atoms with Crippen LogP contribution in [0.4, 0.5) is 0 Å². The Morgan fingerprint density at radius 3 is 2.65 bits per heavy atom. The molecule has 0 aromatic rings. The molecule has 1 aliphatic heterocycles. The molecular weight excluding hydrogens is 286 g/mol. The van der Waals surface area contributed by atoms with Crippen LogP contribution < -0.4 is 5.73 Å². The summed E-state index contributed by atoms with van der Waals surface area (Å²) in [5.74, 6) is -1.65. The van der Waals surface area contributed by atoms with Gasteiger partial charge in [0.05, 0.1) is 6.10 Å². The standard InChI is InChI=1S/C11H19N3O5S/c1-6(12)2-3-9(20-13-19)10(16)14-5-7(15)4-8(14)11(17)18/h6-9,15H,2-5,12H2,1H3,(H,17,18)/t6?,7?,8-,9?/m0/s1. The number of carbonyl (C=O) groups excluding carboxylic acids is 1. The molecule has 1 saturated heterocycles. The van der Waals surface area contributed by atoms with Crippen LogP contribution in [0.1, 0.15) is 26.2 Å². The zero-order valence-electron chi connectivity index (χ0n) is 11.1. The van der Waals surface area contributed by atoms with Gasteiger partial charge in [-0.2, -0.15) is 0 Å². The molecule has 3 unspecified atom stereocenters. The van der Waals surface area contributed by atoms with Crippen LogP contribution in [-0.4, -0.2) is 57.0 Å². The van der Waals surface area contributed by atoms with Crippen LogP contribution >= 0.6 is 11.9 Å². The van der Waals surface area contributed by atoms with Gasteiger partial charge < -0.3 is 20.8 Å². The molecule has 0 saturated carbocycles. The molecule has 0 aromatic heterocycles. The lowest BCUT2D eigenvalue weighted by Gasteiger charge is -2.25. The average Bonchev–Trinajstić information content (AvgIpc) is 2.75. The van der Waals surface area contributed by atoms with E-state index in [1.165, 1.54) is 0 Å². The van der Waals surface area contributed by atoms with Gasteiger partial charge >= 0.3 is 5.97 Å². The zero-order chi connectivity index (χ0) is 15.3. The number of nitrogens with two attached hydrogens (primary N) is 1. The first kappa shape index (κ1) is 16.9. The van der Waals surface area contributed by atoms with E-state index in [1.54, 1.807) is 6.92 Å². The van der Waals surface area contributed by atoms with Gasteiger partial charge in [0, 0.05) is 35.5 Å². The third kappa shape index (κ3) is 4.43. The highest BCUT2D eigenvalue weighted by Gasteiger charge is 2.41. The molecule has 0 aromatic carbocycles. The lowest BCUT2D eigenvalue weighted by atomic mass is 10.1. The normalized spacial score (nSPS) is 25.2. The number of amides is 1. The van der Waals surface area contributed by atoms with Gasteiger partial charge in [-0.3, -0.25) is 4.79 Å². The summed E-state index contributed by atoms with van der Waals surface area (Å²) in [6.45, 7) is 1.74. The van der Waals surface area contributed by atoms with Crippen molar-refractivity contribution in [2.45, 2.75) is 49.6 Å². The molecule has 8 nitrogen and oxygen atoms in total. The highest BCUT2D eigenvalue weighted by atomic mass is 32.2. The van der Waals surface area contributed by atoms with Gasteiger partial charge in [-0.25, -0.2) is 4.79 Å². The molecule has 1 heterocycles. The minimum Gasteiger partial charge on any atom is -0.480 e. The Morgan fingerprint density at radius 2 is 2.15 bits per heavy atom. The van der Waals surface area contributed by atoms with E-state index in [1.807, 2.05) is 0 Å². The number of nitroso groups, excluding NO2 is 1. The first-order valence-electron chi connectivity index (χ1n) is 6.32. The highest BCUT2D eigenvalue weighted by Crippen LogP contribution is 2.26. The molecule has 4 N–H and O–H groups in total. The van der Waals surface area contributed by atoms with E-state index >= 15 is 0 Å². The number of carbonyl (C=O) groups is 2. The smallest absolute Gasteiger partial charge is 0.326 e. The Balaban J connectivity index is 2.76. The van der Waals surface area contributed by atoms with E-state index in [9.17, 15) is 19.6 Å². The number of aliphatic hydroxyl groups is 1. The summed E-state index contributed by atoms with van der Waals surface area (Å²) in [5, 5.41) is 17.8. The summed E-state index contributed by atoms with van der Waals surface area (Å²) in [6.07, 6.45) is 0.00225. The van der Waals surface area contributed by atoms with Crippen molar-refractivity contribution in [1.29, 1.82) is 0 Å². The Morgan fingerprint density at radius 1 is 1.50 bits per heavy atom. The molecule has 114 valence electrons. The number of hydrogen-bond donors (Lipinski definition) is 3. The lowest BCUT2D eigenvalue weighted by molar-refractivity contribution is -0.148. The van der Waals surface area contributed by atoms with Crippen LogP contribution in [0.25, 0.3) is 0 Å². The summed E-state index contributed by atoms with van der Waals surface area (Å²) in [7, 11) is 0. The van der Waals surface area contributed by atoms with Gasteiger partial charge in [0.2, 0.25) is 5.91 Å². The minimum absolute atomic E-state index is 0.000267. The highest BCUT2D eigenvalue weighted by molar-refractivity contribution is 7.99. The summed E-state index contributed by atoms with van der Waals surface area (Å²) < 4.78 is 2.66. The van der Waals surface area contributed by atoms with Gasteiger partial charge in [-0.1, -0.05) is 0 Å². The minimum atomic E-state index is -1.16. The Labute approximate surface area is 120 Å². The van der Waals surface area contributed by atoms with Gasteiger partial charge in [-0.05, 0) is 19.8 Å². The predicted molar refractivity (Wildman–Crippen MR) is 73.8 cm³/mol. The molecule has 0 aliphatic carbocycles. The maximum Gasteiger partial charge on any atom is 0.326 e. The zero-order valence-corrected chi connectivity index (χ0v) is 12.0. The first-order chi connectivity index (χ1) is 9.36. The molecule has 0 bridgehead atoms. The molecule has 1 fully saturated rings. The summed E-state index contributed by atoms with van der Waals surface area (Å²) in [6, 6.07) is -1.18. The fourth-order valence-corrected chi connectivity index (χ4v) is 2.73. The lowest BCUT2D eigenvalue weighted by Crippen LogP contribution is -2.45. The second-order valence-electron chi connectivity index (χ2n) is 4.96. The summed E-state index contributed by atoms with van der Waals surface area (Å²) in [5.41, 5.74) is 5.61. The molecule has 1 amide bonds. The molecule has 20 heavy (non-hydrogen) atoms. The summed E-state index contributed by atoms with van der Waals surface area (Å²) >= 11 is 0.576. The fourth-order valence-electron chi connectivity index (χ4n) is 2.16. The number of nitrogens with zero attached hydrogens (tertiary/aromatic N) is 2. The number of hydrogen-bond acceptors (Lipinski definition) is 7. The van der Waals surface area contributed by atoms with Gasteiger partial charge in [0.25, 0.3) is 0 Å². The quantitative estimate of drug-likeness (QED) is 0.443. The van der Waals surface area contributed by atoms with E-state index < -0.39 is 29.3 Å². The van der Waals surface area contributed by atoms with Gasteiger partial charge in [-0.15, -0.1) is 4.91 Å². The number of aliphatic carboxylic acids is 1. The van der Waals surface area contributed by atoms with Crippen molar-refractivity contribution >= 4 is 23.8 Å². The molecular formula is C11H19N3O5S. The third-order valence-corrected chi connectivity index (χ3v) is 3.95. The third-order valence-electron chi connectivity index (χ3n) is 3.18. The van der Waals surface area contributed by atoms with E-state index in [0.29, 0.717) is 24.8 Å². The van der Waals surface area contributed by atoms with Gasteiger partial charge in [0.15, 0.2) is 0 Å². The van der Waals surface area contributed by atoms with Crippen LogP contribution in [0.2, 0.25) is 0 Å². The molecule has 1 rings (SSSR count). The van der Waals surface area contributed by atoms with Crippen molar-refractivity contribution in [3.63, 3.8) is 0 Å². The maximum absolute atomic E-state index is 12.3. The van der Waals surface area contributed by atoms with Gasteiger partial charge in [0.1, 0.15) is 11.3 Å². The monoisotopic (exact) mass is 305 g/mol. The number of carboxylic acids is 1. The average molecular weight is 305 g/mol. The van der Waals surface area contributed by atoms with E-state index in [0.717, 1.165) is 4.90 Å². The molecule has 9 heteroatoms. The van der Waals surface area contributed by atoms with Crippen molar-refractivity contribution in [3.8, 4) is 0 Å². The number of likely N-dealkylation sites (tertiary alicyclic amines) is 1. The van der Waals surface area contributed by atoms with Crippen molar-refractivity contribution in [1.82, 2.24) is 4.90 Å². The van der Waals surface area contributed by atoms with Crippen molar-refractivity contribution in [2.75, 3.05) is 6.54 Å². The van der Waals surface area contributed by atoms with E-state index in [4.69, 9.17) is 10.8 Å². The second kappa shape index (κ2) is 7.55. The number of carboxylic acid groups (broad SMARTS) is 1. The Hall–Kier alpha value is -1.19. The van der Waals surface area contributed by atoms with E-state index in [2.05, 4.69) is 4.58 Å². The van der Waals surface area contributed by atoms with Crippen LogP contribution in [0.3, 0.4) is 0 Å². The molecule has 1 aliphatic rings. The second-order valence-corrected chi connectivity index (χ2v) is 5.89. The van der Waals surface area contributed by atoms with E-state index in [-0.39, 0.29) is 19.0 Å². The molecule has 4 atom stereocenters. The van der Waals surface area contributed by atoms with Crippen molar-refractivity contribution in [2.24, 2.45) is 10.3 Å². The summed E-state index contributed by atoms with van der Waals surface area (Å²) in [4.78, 5) is 34.9. The van der Waals surface area contributed by atoms with Crippen LogP contribution in [0.5, 0.6) is 0 Å². The molecule has 0 spiro atoms. The van der Waals surface area contributed by atoms with Crippen LogP contribution in [0, 0.1) is 4.91 Å². The SMILES string of the molecule is CC(N)CCC(SN=O)C(=O)N1CC(O)C[C@H]1C(=O)O. The molecule has 0 radical (unpaired) electrons. The Bertz CT molecular complexity index is 379. The van der Waals surface area contributed by atoms with Crippen molar-refractivity contribution < 1.29 is 19.8 Å². The first-order valence-corrected chi connectivity index (χ1v) is 7.15. The van der Waals surface area contributed by atoms with Crippen molar-refractivity contribution in [3.05, 3.63) is 4.91 Å². The van der Waals surface area contributed by atoms with Crippen LogP contribution in [-0.2, 0) is 9.59 Å². The number of rotatable bonds is 7. The predicted octanol–water partition coefficient (Wildman–Crippen LogP) is -0.0566. The largest absolute Gasteiger partial charge is 0.480 e. The fraction of sp³-hybridized carbons (Fsp3) is 0.818.